The molecule has 0 aliphatic carbocycles. The standard InChI is InChI=1S/C8H16O.Li.H/c1-3-5-6-8(4-2)7-9;;/h7-8H,3-6H2,1-2H3;;/q;+1;-1. The van der Waals surface area contributed by atoms with E-state index in [0.29, 0.717) is 5.92 Å². The number of hydrogen-bond donors (Lipinski definition) is 0. The van der Waals surface area contributed by atoms with Crippen molar-refractivity contribution in [3.05, 3.63) is 0 Å². The molecule has 10 heavy (non-hydrogen) atoms. The Balaban J connectivity index is -0.000000320. The van der Waals surface area contributed by atoms with Gasteiger partial charge in [0, 0.05) is 5.92 Å². The van der Waals surface area contributed by atoms with Gasteiger partial charge in [-0.1, -0.05) is 26.7 Å². The van der Waals surface area contributed by atoms with Crippen LogP contribution in [0.3, 0.4) is 0 Å². The van der Waals surface area contributed by atoms with Gasteiger partial charge in [0.05, 0.1) is 0 Å². The third-order valence-corrected chi connectivity index (χ3v) is 1.65. The molecule has 1 nitrogen and oxygen atoms in total. The Morgan fingerprint density at radius 2 is 2.10 bits per heavy atom. The van der Waals surface area contributed by atoms with Crippen LogP contribution >= 0.6 is 0 Å². The number of carbonyl (C=O) groups excluding carboxylic acids is 1. The molecule has 56 valence electrons. The van der Waals surface area contributed by atoms with Crippen LogP contribution in [0.15, 0.2) is 0 Å². The molecule has 0 heterocycles. The minimum absolute atomic E-state index is 0. The molecule has 0 bridgehead atoms. The summed E-state index contributed by atoms with van der Waals surface area (Å²) >= 11 is 0. The van der Waals surface area contributed by atoms with Gasteiger partial charge in [0.25, 0.3) is 0 Å². The maximum absolute atomic E-state index is 10.2. The van der Waals surface area contributed by atoms with Crippen LogP contribution < -0.4 is 18.9 Å². The Morgan fingerprint density at radius 3 is 2.40 bits per heavy atom. The van der Waals surface area contributed by atoms with E-state index >= 15 is 0 Å². The summed E-state index contributed by atoms with van der Waals surface area (Å²) in [6.07, 6.45) is 5.55. The molecule has 0 aromatic heterocycles. The van der Waals surface area contributed by atoms with Crippen LogP contribution in [0.2, 0.25) is 0 Å². The molecular weight excluding hydrogens is 119 g/mol. The molecule has 1 unspecified atom stereocenters. The largest absolute Gasteiger partial charge is 1.00 e. The molecule has 0 radical (unpaired) electrons. The summed E-state index contributed by atoms with van der Waals surface area (Å²) in [7, 11) is 0. The van der Waals surface area contributed by atoms with E-state index in [1.165, 1.54) is 12.8 Å². The van der Waals surface area contributed by atoms with Gasteiger partial charge in [0.1, 0.15) is 6.29 Å². The number of unbranched alkanes of at least 4 members (excludes halogenated alkanes) is 1. The fourth-order valence-electron chi connectivity index (χ4n) is 0.835. The quantitative estimate of drug-likeness (QED) is 0.368. The molecule has 0 aromatic carbocycles. The van der Waals surface area contributed by atoms with E-state index in [1.54, 1.807) is 0 Å². The van der Waals surface area contributed by atoms with Crippen LogP contribution in [-0.4, -0.2) is 6.29 Å². The van der Waals surface area contributed by atoms with Crippen molar-refractivity contribution in [2.24, 2.45) is 5.92 Å². The number of carbonyl (C=O) groups is 1. The first kappa shape index (κ1) is 12.9. The topological polar surface area (TPSA) is 17.1 Å². The average Bonchev–Trinajstić information content (AvgIpc) is 1.91. The summed E-state index contributed by atoms with van der Waals surface area (Å²) in [4.78, 5) is 10.2. The maximum Gasteiger partial charge on any atom is 1.00 e. The van der Waals surface area contributed by atoms with E-state index in [1.807, 2.05) is 0 Å². The van der Waals surface area contributed by atoms with Crippen LogP contribution in [0.5, 0.6) is 0 Å². The SMILES string of the molecule is CCCCC(C=O)CC.[H-].[Li+]. The molecule has 0 rings (SSSR count). The van der Waals surface area contributed by atoms with Crippen molar-refractivity contribution in [2.75, 3.05) is 0 Å². The van der Waals surface area contributed by atoms with Crippen molar-refractivity contribution in [1.82, 2.24) is 0 Å². The summed E-state index contributed by atoms with van der Waals surface area (Å²) in [5.74, 6) is 0.324. The monoisotopic (exact) mass is 136 g/mol. The molecule has 0 saturated heterocycles. The average molecular weight is 136 g/mol. The van der Waals surface area contributed by atoms with Crippen molar-refractivity contribution < 1.29 is 25.1 Å². The summed E-state index contributed by atoms with van der Waals surface area (Å²) in [6.45, 7) is 4.21. The van der Waals surface area contributed by atoms with E-state index in [-0.39, 0.29) is 20.3 Å². The van der Waals surface area contributed by atoms with E-state index in [4.69, 9.17) is 0 Å². The predicted molar refractivity (Wildman–Crippen MR) is 40.5 cm³/mol. The van der Waals surface area contributed by atoms with Crippen LogP contribution in [0.1, 0.15) is 41.0 Å². The van der Waals surface area contributed by atoms with Crippen LogP contribution in [-0.2, 0) is 4.79 Å². The van der Waals surface area contributed by atoms with Gasteiger partial charge in [0.15, 0.2) is 0 Å². The van der Waals surface area contributed by atoms with Gasteiger partial charge in [-0.05, 0) is 12.8 Å². The van der Waals surface area contributed by atoms with E-state index in [2.05, 4.69) is 13.8 Å². The number of hydrogen-bond acceptors (Lipinski definition) is 1. The second-order valence-electron chi connectivity index (χ2n) is 2.45. The predicted octanol–water partition coefficient (Wildman–Crippen LogP) is -0.482. The minimum atomic E-state index is 0. The maximum atomic E-state index is 10.2. The Morgan fingerprint density at radius 1 is 1.50 bits per heavy atom. The molecule has 0 saturated carbocycles. The van der Waals surface area contributed by atoms with Gasteiger partial charge in [-0.3, -0.25) is 0 Å². The van der Waals surface area contributed by atoms with Gasteiger partial charge < -0.3 is 6.22 Å². The van der Waals surface area contributed by atoms with E-state index in [9.17, 15) is 4.79 Å². The molecule has 0 spiro atoms. The molecule has 0 N–H and O–H groups in total. The summed E-state index contributed by atoms with van der Waals surface area (Å²) in [5.41, 5.74) is 0. The van der Waals surface area contributed by atoms with Crippen molar-refractivity contribution in [3.63, 3.8) is 0 Å². The third kappa shape index (κ3) is 6.39. The Labute approximate surface area is 77.2 Å². The second-order valence-corrected chi connectivity index (χ2v) is 2.45. The fourth-order valence-corrected chi connectivity index (χ4v) is 0.835. The summed E-state index contributed by atoms with van der Waals surface area (Å²) in [5, 5.41) is 0. The zero-order valence-corrected chi connectivity index (χ0v) is 7.39. The third-order valence-electron chi connectivity index (χ3n) is 1.65. The minimum Gasteiger partial charge on any atom is -1.00 e. The Hall–Kier alpha value is 0.267. The van der Waals surface area contributed by atoms with Gasteiger partial charge in [0.2, 0.25) is 0 Å². The van der Waals surface area contributed by atoms with Crippen molar-refractivity contribution in [1.29, 1.82) is 0 Å². The van der Waals surface area contributed by atoms with Crippen LogP contribution in [0.25, 0.3) is 0 Å². The van der Waals surface area contributed by atoms with Crippen molar-refractivity contribution >= 4 is 6.29 Å². The summed E-state index contributed by atoms with van der Waals surface area (Å²) in [6, 6.07) is 0. The molecule has 0 aromatic rings. The smallest absolute Gasteiger partial charge is 1.00 e. The van der Waals surface area contributed by atoms with Crippen molar-refractivity contribution in [3.8, 4) is 0 Å². The van der Waals surface area contributed by atoms with Crippen LogP contribution in [0, 0.1) is 5.92 Å². The number of aldehydes is 1. The zero-order chi connectivity index (χ0) is 7.11. The first-order chi connectivity index (χ1) is 4.35. The zero-order valence-electron chi connectivity index (χ0n) is 8.39. The molecule has 0 aliphatic rings. The number of rotatable bonds is 5. The molecular formula is C8H17LiO. The molecule has 0 fully saturated rings. The van der Waals surface area contributed by atoms with E-state index < -0.39 is 0 Å². The van der Waals surface area contributed by atoms with Gasteiger partial charge in [-0.25, -0.2) is 0 Å². The summed E-state index contributed by atoms with van der Waals surface area (Å²) < 4.78 is 0. The van der Waals surface area contributed by atoms with Crippen molar-refractivity contribution in [2.45, 2.75) is 39.5 Å². The fraction of sp³-hybridized carbons (Fsp3) is 0.875. The Kier molecular flexibility index (Phi) is 12.0. The molecule has 2 heteroatoms. The molecule has 0 aliphatic heterocycles. The Bertz CT molecular complexity index is 78.5. The van der Waals surface area contributed by atoms with Gasteiger partial charge >= 0.3 is 18.9 Å². The second kappa shape index (κ2) is 9.27. The first-order valence-corrected chi connectivity index (χ1v) is 3.80. The van der Waals surface area contributed by atoms with E-state index in [0.717, 1.165) is 19.1 Å². The molecule has 0 amide bonds. The van der Waals surface area contributed by atoms with Gasteiger partial charge in [-0.2, -0.15) is 0 Å². The first-order valence-electron chi connectivity index (χ1n) is 3.80. The van der Waals surface area contributed by atoms with Crippen LogP contribution in [0.4, 0.5) is 0 Å². The normalized spacial score (nSPS) is 11.8. The molecule has 1 atom stereocenters. The van der Waals surface area contributed by atoms with Gasteiger partial charge in [-0.15, -0.1) is 0 Å².